The van der Waals surface area contributed by atoms with Crippen LogP contribution in [-0.4, -0.2) is 17.8 Å². The number of rotatable bonds is 6. The van der Waals surface area contributed by atoms with E-state index in [2.05, 4.69) is 13.8 Å². The van der Waals surface area contributed by atoms with Crippen LogP contribution in [0.5, 0.6) is 0 Å². The maximum absolute atomic E-state index is 12.0. The maximum atomic E-state index is 12.0. The average Bonchev–Trinajstić information content (AvgIpc) is 2.40. The minimum absolute atomic E-state index is 0.0605. The predicted octanol–water partition coefficient (Wildman–Crippen LogP) is 2.25. The lowest BCUT2D eigenvalue weighted by Crippen LogP contribution is -2.30. The van der Waals surface area contributed by atoms with E-state index in [0.29, 0.717) is 19.1 Å². The minimum Gasteiger partial charge on any atom is -0.380 e. The van der Waals surface area contributed by atoms with Crippen LogP contribution in [0, 0.1) is 5.92 Å². The molecule has 1 aromatic heterocycles. The van der Waals surface area contributed by atoms with Crippen molar-refractivity contribution in [2.45, 2.75) is 52.1 Å². The zero-order valence-corrected chi connectivity index (χ0v) is 12.6. The van der Waals surface area contributed by atoms with Gasteiger partial charge in [0, 0.05) is 31.0 Å². The van der Waals surface area contributed by atoms with Gasteiger partial charge >= 0.3 is 0 Å². The van der Waals surface area contributed by atoms with Crippen molar-refractivity contribution in [1.29, 1.82) is 0 Å². The fourth-order valence-electron chi connectivity index (χ4n) is 2.72. The average molecular weight is 278 g/mol. The molecule has 0 bridgehead atoms. The summed E-state index contributed by atoms with van der Waals surface area (Å²) in [5, 5.41) is 0. The van der Waals surface area contributed by atoms with Crippen LogP contribution in [-0.2, 0) is 17.7 Å². The quantitative estimate of drug-likeness (QED) is 0.812. The molecule has 0 aromatic carbocycles. The van der Waals surface area contributed by atoms with E-state index in [0.717, 1.165) is 43.5 Å². The molecule has 1 aromatic rings. The number of nitrogens with two attached hydrogens (primary N) is 1. The Hall–Kier alpha value is -1.13. The Bertz CT molecular complexity index is 494. The lowest BCUT2D eigenvalue weighted by atomic mass is 9.91. The van der Waals surface area contributed by atoms with Crippen LogP contribution in [0.1, 0.15) is 50.4 Å². The Morgan fingerprint density at radius 3 is 2.95 bits per heavy atom. The summed E-state index contributed by atoms with van der Waals surface area (Å²) in [6, 6.07) is 3.61. The third-order valence-corrected chi connectivity index (χ3v) is 3.96. The smallest absolute Gasteiger partial charge is 0.250 e. The molecule has 2 N–H and O–H groups in total. The number of fused-ring (bicyclic) bond motifs is 1. The van der Waals surface area contributed by atoms with Crippen LogP contribution in [0.2, 0.25) is 0 Å². The lowest BCUT2D eigenvalue weighted by molar-refractivity contribution is 0.115. The molecule has 2 rings (SSSR count). The van der Waals surface area contributed by atoms with Gasteiger partial charge in [-0.05, 0) is 37.2 Å². The molecule has 0 fully saturated rings. The van der Waals surface area contributed by atoms with Crippen LogP contribution in [0.3, 0.4) is 0 Å². The van der Waals surface area contributed by atoms with Crippen LogP contribution in [0.15, 0.2) is 16.9 Å². The van der Waals surface area contributed by atoms with Crippen molar-refractivity contribution < 1.29 is 4.74 Å². The third kappa shape index (κ3) is 3.70. The normalized spacial score (nSPS) is 18.3. The first-order chi connectivity index (χ1) is 9.59. The summed E-state index contributed by atoms with van der Waals surface area (Å²) >= 11 is 0. The van der Waals surface area contributed by atoms with Gasteiger partial charge in [-0.15, -0.1) is 0 Å². The van der Waals surface area contributed by atoms with Gasteiger partial charge in [0.05, 0.1) is 6.61 Å². The van der Waals surface area contributed by atoms with Crippen molar-refractivity contribution in [3.8, 4) is 0 Å². The molecular weight excluding hydrogens is 252 g/mol. The van der Waals surface area contributed by atoms with Crippen LogP contribution < -0.4 is 11.3 Å². The molecule has 1 aliphatic carbocycles. The summed E-state index contributed by atoms with van der Waals surface area (Å²) in [6.07, 6.45) is 4.08. The first-order valence-electron chi connectivity index (χ1n) is 7.65. The molecule has 4 heteroatoms. The number of nitrogens with zero attached hydrogens (tertiary/aromatic N) is 1. The number of hydrogen-bond acceptors (Lipinski definition) is 3. The highest BCUT2D eigenvalue weighted by Gasteiger charge is 2.19. The highest BCUT2D eigenvalue weighted by atomic mass is 16.5. The molecule has 0 spiro atoms. The molecule has 0 radical (unpaired) electrons. The zero-order valence-electron chi connectivity index (χ0n) is 12.6. The van der Waals surface area contributed by atoms with Crippen molar-refractivity contribution in [3.63, 3.8) is 0 Å². The Labute approximate surface area is 120 Å². The van der Waals surface area contributed by atoms with Crippen molar-refractivity contribution >= 4 is 0 Å². The summed E-state index contributed by atoms with van der Waals surface area (Å²) in [6.45, 7) is 6.36. The van der Waals surface area contributed by atoms with Crippen LogP contribution in [0.4, 0.5) is 0 Å². The monoisotopic (exact) mass is 278 g/mol. The van der Waals surface area contributed by atoms with Crippen molar-refractivity contribution in [3.05, 3.63) is 33.7 Å². The fourth-order valence-corrected chi connectivity index (χ4v) is 2.72. The molecular formula is C16H26N2O2. The van der Waals surface area contributed by atoms with Gasteiger partial charge in [0.15, 0.2) is 0 Å². The summed E-state index contributed by atoms with van der Waals surface area (Å²) < 4.78 is 7.48. The third-order valence-electron chi connectivity index (χ3n) is 3.96. The highest BCUT2D eigenvalue weighted by Crippen LogP contribution is 2.26. The van der Waals surface area contributed by atoms with Crippen molar-refractivity contribution in [2.75, 3.05) is 13.2 Å². The molecule has 0 saturated carbocycles. The van der Waals surface area contributed by atoms with E-state index in [1.165, 1.54) is 0 Å². The summed E-state index contributed by atoms with van der Waals surface area (Å²) in [5.74, 6) is 0.653. The van der Waals surface area contributed by atoms with E-state index in [9.17, 15) is 4.79 Å². The summed E-state index contributed by atoms with van der Waals surface area (Å²) in [7, 11) is 0. The second kappa shape index (κ2) is 7.04. The molecule has 0 amide bonds. The Kier molecular flexibility index (Phi) is 5.38. The molecule has 0 aliphatic heterocycles. The molecule has 20 heavy (non-hydrogen) atoms. The van der Waals surface area contributed by atoms with Crippen LogP contribution >= 0.6 is 0 Å². The SMILES string of the molecule is CC(C)CCOCCn1c2c(ccc1=O)C(N)CCC2. The predicted molar refractivity (Wildman–Crippen MR) is 80.8 cm³/mol. The van der Waals surface area contributed by atoms with Crippen molar-refractivity contribution in [1.82, 2.24) is 4.57 Å². The topological polar surface area (TPSA) is 57.2 Å². The molecule has 4 nitrogen and oxygen atoms in total. The molecule has 1 aliphatic rings. The Morgan fingerprint density at radius 2 is 2.20 bits per heavy atom. The van der Waals surface area contributed by atoms with E-state index in [-0.39, 0.29) is 11.6 Å². The van der Waals surface area contributed by atoms with E-state index in [1.807, 2.05) is 10.6 Å². The van der Waals surface area contributed by atoms with Crippen molar-refractivity contribution in [2.24, 2.45) is 11.7 Å². The minimum atomic E-state index is 0.0605. The highest BCUT2D eigenvalue weighted by molar-refractivity contribution is 5.27. The van der Waals surface area contributed by atoms with Crippen LogP contribution in [0.25, 0.3) is 0 Å². The van der Waals surface area contributed by atoms with Gasteiger partial charge in [-0.2, -0.15) is 0 Å². The second-order valence-corrected chi connectivity index (χ2v) is 6.02. The first-order valence-corrected chi connectivity index (χ1v) is 7.65. The molecule has 1 atom stereocenters. The molecule has 1 unspecified atom stereocenters. The first kappa shape index (κ1) is 15.3. The van der Waals surface area contributed by atoms with Gasteiger partial charge in [-0.25, -0.2) is 0 Å². The van der Waals surface area contributed by atoms with E-state index < -0.39 is 0 Å². The van der Waals surface area contributed by atoms with Gasteiger partial charge in [-0.1, -0.05) is 19.9 Å². The fraction of sp³-hybridized carbons (Fsp3) is 0.688. The van der Waals surface area contributed by atoms with Gasteiger partial charge < -0.3 is 15.0 Å². The number of pyridine rings is 1. The second-order valence-electron chi connectivity index (χ2n) is 6.02. The number of aromatic nitrogens is 1. The standard InChI is InChI=1S/C16H26N2O2/c1-12(2)8-10-20-11-9-18-15-5-3-4-14(17)13(15)6-7-16(18)19/h6-7,12,14H,3-5,8-11,17H2,1-2H3. The van der Waals surface area contributed by atoms with Gasteiger partial charge in [0.1, 0.15) is 0 Å². The van der Waals surface area contributed by atoms with Gasteiger partial charge in [0.2, 0.25) is 0 Å². The summed E-state index contributed by atoms with van der Waals surface area (Å²) in [4.78, 5) is 12.0. The van der Waals surface area contributed by atoms with Gasteiger partial charge in [-0.3, -0.25) is 4.79 Å². The molecule has 1 heterocycles. The van der Waals surface area contributed by atoms with Gasteiger partial charge in [0.25, 0.3) is 5.56 Å². The lowest BCUT2D eigenvalue weighted by Gasteiger charge is -2.25. The number of hydrogen-bond donors (Lipinski definition) is 1. The van der Waals surface area contributed by atoms with E-state index in [4.69, 9.17) is 10.5 Å². The Balaban J connectivity index is 2.00. The van der Waals surface area contributed by atoms with E-state index >= 15 is 0 Å². The zero-order chi connectivity index (χ0) is 14.5. The Morgan fingerprint density at radius 1 is 1.40 bits per heavy atom. The summed E-state index contributed by atoms with van der Waals surface area (Å²) in [5.41, 5.74) is 8.44. The molecule has 0 saturated heterocycles. The largest absolute Gasteiger partial charge is 0.380 e. The maximum Gasteiger partial charge on any atom is 0.250 e. The van der Waals surface area contributed by atoms with E-state index in [1.54, 1.807) is 6.07 Å². The number of ether oxygens (including phenoxy) is 1. The molecule has 112 valence electrons.